The number of anilines is 1. The van der Waals surface area contributed by atoms with Crippen LogP contribution in [0.5, 0.6) is 0 Å². The molecule has 0 aliphatic rings. The predicted molar refractivity (Wildman–Crippen MR) is 80.6 cm³/mol. The molecule has 1 heterocycles. The number of carbonyl (C=O) groups is 1. The number of nitrogens with two attached hydrogens (primary N) is 1. The van der Waals surface area contributed by atoms with Gasteiger partial charge in [0, 0.05) is 10.6 Å². The van der Waals surface area contributed by atoms with E-state index in [1.165, 1.54) is 23.3 Å². The number of nitrogens with zero attached hydrogens (tertiary/aromatic N) is 2. The highest BCUT2D eigenvalue weighted by Gasteiger charge is 2.19. The number of esters is 1. The van der Waals surface area contributed by atoms with E-state index >= 15 is 0 Å². The molecule has 0 bridgehead atoms. The van der Waals surface area contributed by atoms with Crippen molar-refractivity contribution in [3.05, 3.63) is 28.5 Å². The largest absolute Gasteiger partial charge is 0.462 e. The summed E-state index contributed by atoms with van der Waals surface area (Å²) in [6.07, 6.45) is 0. The van der Waals surface area contributed by atoms with E-state index in [1.807, 2.05) is 0 Å². The van der Waals surface area contributed by atoms with Crippen LogP contribution in [0.4, 0.5) is 5.69 Å². The van der Waals surface area contributed by atoms with Crippen molar-refractivity contribution in [3.8, 4) is 0 Å². The Kier molecular flexibility index (Phi) is 4.85. The van der Waals surface area contributed by atoms with Crippen LogP contribution in [0.2, 0.25) is 5.02 Å². The molecule has 0 amide bonds. The van der Waals surface area contributed by atoms with Crippen LogP contribution < -0.4 is 5.73 Å². The molecule has 1 aromatic carbocycles. The highest BCUT2D eigenvalue weighted by atomic mass is 35.5. The lowest BCUT2D eigenvalue weighted by atomic mass is 10.2. The van der Waals surface area contributed by atoms with Crippen molar-refractivity contribution in [2.24, 2.45) is 0 Å². The van der Waals surface area contributed by atoms with Crippen molar-refractivity contribution < 1.29 is 9.53 Å². The van der Waals surface area contributed by atoms with Crippen LogP contribution in [0.15, 0.2) is 21.4 Å². The van der Waals surface area contributed by atoms with E-state index in [0.29, 0.717) is 31.3 Å². The summed E-state index contributed by atoms with van der Waals surface area (Å²) in [5.74, 6) is 0.229. The average molecular weight is 330 g/mol. The molecule has 20 heavy (non-hydrogen) atoms. The molecule has 2 aromatic rings. The van der Waals surface area contributed by atoms with Crippen LogP contribution in [-0.4, -0.2) is 21.9 Å². The number of ether oxygens (including phenoxy) is 1. The monoisotopic (exact) mass is 329 g/mol. The summed E-state index contributed by atoms with van der Waals surface area (Å²) in [6, 6.07) is 3.15. The van der Waals surface area contributed by atoms with Crippen molar-refractivity contribution in [1.29, 1.82) is 0 Å². The molecule has 2 rings (SSSR count). The Labute approximate surface area is 129 Å². The topological polar surface area (TPSA) is 78.1 Å². The van der Waals surface area contributed by atoms with Crippen molar-refractivity contribution in [1.82, 2.24) is 9.36 Å². The van der Waals surface area contributed by atoms with Crippen molar-refractivity contribution in [2.75, 3.05) is 12.3 Å². The van der Waals surface area contributed by atoms with Crippen LogP contribution in [0, 0.1) is 6.92 Å². The fraction of sp³-hybridized carbons (Fsp3) is 0.250. The van der Waals surface area contributed by atoms with Gasteiger partial charge < -0.3 is 10.5 Å². The molecule has 0 aliphatic carbocycles. The predicted octanol–water partition coefficient (Wildman–Crippen LogP) is 3.41. The van der Waals surface area contributed by atoms with Crippen LogP contribution >= 0.6 is 34.9 Å². The summed E-state index contributed by atoms with van der Waals surface area (Å²) in [6.45, 7) is 3.83. The molecule has 0 fully saturated rings. The zero-order valence-corrected chi connectivity index (χ0v) is 13.2. The number of aryl methyl sites for hydroxylation is 1. The minimum absolute atomic E-state index is 0.285. The average Bonchev–Trinajstić information content (AvgIpc) is 2.78. The van der Waals surface area contributed by atoms with Gasteiger partial charge in [-0.15, -0.1) is 0 Å². The third-order valence-corrected chi connectivity index (χ3v) is 4.66. The van der Waals surface area contributed by atoms with Crippen LogP contribution in [-0.2, 0) is 4.74 Å². The maximum Gasteiger partial charge on any atom is 0.339 e. The lowest BCUT2D eigenvalue weighted by molar-refractivity contribution is 0.0522. The molecule has 5 nitrogen and oxygen atoms in total. The van der Waals surface area contributed by atoms with Gasteiger partial charge in [-0.3, -0.25) is 0 Å². The van der Waals surface area contributed by atoms with E-state index in [0.717, 1.165) is 0 Å². The van der Waals surface area contributed by atoms with Gasteiger partial charge in [-0.1, -0.05) is 23.4 Å². The van der Waals surface area contributed by atoms with Gasteiger partial charge in [0.1, 0.15) is 5.82 Å². The van der Waals surface area contributed by atoms with Gasteiger partial charge in [-0.05, 0) is 37.5 Å². The zero-order valence-electron chi connectivity index (χ0n) is 10.8. The molecular weight excluding hydrogens is 318 g/mol. The molecule has 0 saturated carbocycles. The van der Waals surface area contributed by atoms with Gasteiger partial charge in [-0.25, -0.2) is 9.78 Å². The quantitative estimate of drug-likeness (QED) is 0.684. The molecule has 0 unspecified atom stereocenters. The molecule has 0 aliphatic heterocycles. The summed E-state index contributed by atoms with van der Waals surface area (Å²) >= 11 is 8.72. The standard InChI is InChI=1S/C12H12ClN3O2S2/c1-3-18-11(17)8-4-7(14)5-9(13)10(8)19-12-15-6(2)16-20-12/h4-5H,3,14H2,1-2H3. The first-order chi connectivity index (χ1) is 9.51. The molecule has 106 valence electrons. The summed E-state index contributed by atoms with van der Waals surface area (Å²) < 4.78 is 9.83. The number of halogens is 1. The van der Waals surface area contributed by atoms with Crippen LogP contribution in [0.1, 0.15) is 23.1 Å². The minimum atomic E-state index is -0.453. The van der Waals surface area contributed by atoms with Crippen LogP contribution in [0.3, 0.4) is 0 Å². The lowest BCUT2D eigenvalue weighted by Gasteiger charge is -2.10. The number of aromatic nitrogens is 2. The third-order valence-electron chi connectivity index (χ3n) is 2.26. The second kappa shape index (κ2) is 6.43. The highest BCUT2D eigenvalue weighted by Crippen LogP contribution is 2.38. The fourth-order valence-electron chi connectivity index (χ4n) is 1.49. The molecule has 1 aromatic heterocycles. The lowest BCUT2D eigenvalue weighted by Crippen LogP contribution is -2.07. The van der Waals surface area contributed by atoms with Gasteiger partial charge in [-0.2, -0.15) is 4.37 Å². The Morgan fingerprint density at radius 1 is 1.55 bits per heavy atom. The van der Waals surface area contributed by atoms with Gasteiger partial charge in [0.05, 0.1) is 17.2 Å². The Morgan fingerprint density at radius 2 is 2.30 bits per heavy atom. The first-order valence-corrected chi connectivity index (χ1v) is 7.72. The van der Waals surface area contributed by atoms with Crippen molar-refractivity contribution in [3.63, 3.8) is 0 Å². The van der Waals surface area contributed by atoms with E-state index in [2.05, 4.69) is 9.36 Å². The van der Waals surface area contributed by atoms with Crippen molar-refractivity contribution >= 4 is 46.6 Å². The van der Waals surface area contributed by atoms with E-state index in [9.17, 15) is 4.79 Å². The summed E-state index contributed by atoms with van der Waals surface area (Å²) in [4.78, 5) is 16.8. The number of hydrogen-bond acceptors (Lipinski definition) is 7. The fourth-order valence-corrected chi connectivity index (χ4v) is 3.52. The molecule has 0 radical (unpaired) electrons. The molecule has 8 heteroatoms. The summed E-state index contributed by atoms with van der Waals surface area (Å²) in [5, 5.41) is 0.394. The smallest absolute Gasteiger partial charge is 0.339 e. The number of carbonyl (C=O) groups excluding carboxylic acids is 1. The van der Waals surface area contributed by atoms with Crippen LogP contribution in [0.25, 0.3) is 0 Å². The number of hydrogen-bond donors (Lipinski definition) is 1. The van der Waals surface area contributed by atoms with Gasteiger partial charge in [0.2, 0.25) is 0 Å². The Morgan fingerprint density at radius 3 is 2.90 bits per heavy atom. The maximum atomic E-state index is 12.0. The van der Waals surface area contributed by atoms with E-state index < -0.39 is 5.97 Å². The van der Waals surface area contributed by atoms with Gasteiger partial charge in [0.25, 0.3) is 0 Å². The number of benzene rings is 1. The summed E-state index contributed by atoms with van der Waals surface area (Å²) in [5.41, 5.74) is 6.49. The van der Waals surface area contributed by atoms with Gasteiger partial charge in [0.15, 0.2) is 4.34 Å². The third kappa shape index (κ3) is 3.41. The van der Waals surface area contributed by atoms with E-state index in [-0.39, 0.29) is 6.61 Å². The van der Waals surface area contributed by atoms with E-state index in [4.69, 9.17) is 22.1 Å². The molecule has 0 atom stereocenters. The van der Waals surface area contributed by atoms with Crippen molar-refractivity contribution in [2.45, 2.75) is 23.1 Å². The Balaban J connectivity index is 2.42. The molecular formula is C12H12ClN3O2S2. The molecule has 2 N–H and O–H groups in total. The van der Waals surface area contributed by atoms with Gasteiger partial charge >= 0.3 is 5.97 Å². The minimum Gasteiger partial charge on any atom is -0.462 e. The Hall–Kier alpha value is -1.31. The first kappa shape index (κ1) is 15.1. The SMILES string of the molecule is CCOC(=O)c1cc(N)cc(Cl)c1Sc1nc(C)ns1. The number of rotatable bonds is 4. The zero-order chi connectivity index (χ0) is 14.7. The first-order valence-electron chi connectivity index (χ1n) is 5.75. The Bertz CT molecular complexity index is 646. The maximum absolute atomic E-state index is 12.0. The molecule has 0 saturated heterocycles. The normalized spacial score (nSPS) is 10.6. The highest BCUT2D eigenvalue weighted by molar-refractivity contribution is 8.01. The second-order valence-electron chi connectivity index (χ2n) is 3.81. The number of nitrogen functional groups attached to an aromatic ring is 1. The molecule has 0 spiro atoms. The second-order valence-corrected chi connectivity index (χ2v) is 6.23. The van der Waals surface area contributed by atoms with E-state index in [1.54, 1.807) is 26.0 Å². The summed E-state index contributed by atoms with van der Waals surface area (Å²) in [7, 11) is 0.